The maximum atomic E-state index is 5.81. The minimum atomic E-state index is 0.194. The topological polar surface area (TPSA) is 25.1 Å². The summed E-state index contributed by atoms with van der Waals surface area (Å²) in [5.74, 6) is 0.649. The highest BCUT2D eigenvalue weighted by Gasteiger charge is 2.72. The van der Waals surface area contributed by atoms with Crippen molar-refractivity contribution in [3.63, 3.8) is 0 Å². The Morgan fingerprint density at radius 2 is 1.92 bits per heavy atom. The molecule has 1 aliphatic carbocycles. The Balaban J connectivity index is 1.82. The molecule has 0 spiro atoms. The molecule has 2 heteroatoms. The van der Waals surface area contributed by atoms with Gasteiger partial charge >= 0.3 is 0 Å². The molecule has 0 aromatic heterocycles. The third-order valence-electron chi connectivity index (χ3n) is 3.96. The number of hydrogen-bond donors (Lipinski definition) is 0. The van der Waals surface area contributed by atoms with E-state index in [0.29, 0.717) is 18.1 Å². The van der Waals surface area contributed by atoms with Crippen LogP contribution in [0.25, 0.3) is 0 Å². The summed E-state index contributed by atoms with van der Waals surface area (Å²) < 4.78 is 11.5. The fourth-order valence-electron chi connectivity index (χ4n) is 2.75. The van der Waals surface area contributed by atoms with E-state index in [9.17, 15) is 0 Å². The van der Waals surface area contributed by atoms with Gasteiger partial charge in [-0.25, -0.2) is 0 Å². The average Bonchev–Trinajstić information content (AvgIpc) is 2.74. The molecule has 2 nitrogen and oxygen atoms in total. The first-order valence-electron chi connectivity index (χ1n) is 4.92. The molecule has 4 atom stereocenters. The van der Waals surface area contributed by atoms with Gasteiger partial charge in [0.05, 0.1) is 23.4 Å². The first-order chi connectivity index (χ1) is 5.57. The first-order valence-corrected chi connectivity index (χ1v) is 4.92. The molecule has 1 saturated carbocycles. The number of epoxide rings is 2. The molecule has 0 amide bonds. The third kappa shape index (κ3) is 0.686. The van der Waals surface area contributed by atoms with E-state index in [2.05, 4.69) is 20.8 Å². The Morgan fingerprint density at radius 3 is 2.58 bits per heavy atom. The van der Waals surface area contributed by atoms with Crippen LogP contribution in [0.1, 0.15) is 33.6 Å². The first kappa shape index (κ1) is 7.34. The maximum Gasteiger partial charge on any atom is 0.0997 e. The number of fused-ring (bicyclic) bond motifs is 2. The molecule has 3 aliphatic rings. The van der Waals surface area contributed by atoms with Crippen LogP contribution in [-0.2, 0) is 9.47 Å². The van der Waals surface area contributed by atoms with Crippen LogP contribution in [0, 0.1) is 5.92 Å². The average molecular weight is 168 g/mol. The van der Waals surface area contributed by atoms with Gasteiger partial charge in [-0.15, -0.1) is 0 Å². The van der Waals surface area contributed by atoms with Crippen molar-refractivity contribution in [2.45, 2.75) is 57.0 Å². The second-order valence-electron chi connectivity index (χ2n) is 5.04. The normalized spacial score (nSPS) is 61.0. The predicted octanol–water partition coefficient (Wildman–Crippen LogP) is 1.73. The van der Waals surface area contributed by atoms with Crippen molar-refractivity contribution in [2.24, 2.45) is 5.92 Å². The molecule has 0 bridgehead atoms. The summed E-state index contributed by atoms with van der Waals surface area (Å²) in [5, 5.41) is 0. The molecule has 0 radical (unpaired) electrons. The lowest BCUT2D eigenvalue weighted by Gasteiger charge is -2.20. The smallest absolute Gasteiger partial charge is 0.0997 e. The van der Waals surface area contributed by atoms with Crippen LogP contribution in [0.15, 0.2) is 0 Å². The van der Waals surface area contributed by atoms with Crippen molar-refractivity contribution < 1.29 is 9.47 Å². The van der Waals surface area contributed by atoms with Gasteiger partial charge in [-0.05, 0) is 12.8 Å². The quantitative estimate of drug-likeness (QED) is 0.557. The standard InChI is InChI=1S/C10H16O2/c1-6(2)10-5-7-9(3,11-7)4-8(10)12-10/h6-8H,4-5H2,1-3H3/t7-,8+,9+,10+/m1/s1. The van der Waals surface area contributed by atoms with Gasteiger partial charge in [0.15, 0.2) is 0 Å². The molecule has 3 fully saturated rings. The van der Waals surface area contributed by atoms with Crippen LogP contribution in [0.5, 0.6) is 0 Å². The highest BCUT2D eigenvalue weighted by Crippen LogP contribution is 2.62. The lowest BCUT2D eigenvalue weighted by molar-refractivity contribution is 0.197. The summed E-state index contributed by atoms with van der Waals surface area (Å²) in [7, 11) is 0. The molecule has 0 N–H and O–H groups in total. The van der Waals surface area contributed by atoms with Crippen LogP contribution >= 0.6 is 0 Å². The summed E-state index contributed by atoms with van der Waals surface area (Å²) >= 11 is 0. The van der Waals surface area contributed by atoms with E-state index in [-0.39, 0.29) is 11.2 Å². The van der Waals surface area contributed by atoms with Crippen LogP contribution in [0.4, 0.5) is 0 Å². The molecule has 2 aliphatic heterocycles. The fourth-order valence-corrected chi connectivity index (χ4v) is 2.75. The maximum absolute atomic E-state index is 5.81. The molecule has 12 heavy (non-hydrogen) atoms. The monoisotopic (exact) mass is 168 g/mol. The second kappa shape index (κ2) is 1.73. The predicted molar refractivity (Wildman–Crippen MR) is 45.0 cm³/mol. The Kier molecular flexibility index (Phi) is 1.06. The zero-order valence-corrected chi connectivity index (χ0v) is 7.96. The molecule has 3 rings (SSSR count). The SMILES string of the molecule is CC(C)[C@@]12C[C@H]3O[C@@]3(C)C[C@@H]1O2. The van der Waals surface area contributed by atoms with Gasteiger partial charge in [0.1, 0.15) is 0 Å². The van der Waals surface area contributed by atoms with Gasteiger partial charge in [0, 0.05) is 12.8 Å². The van der Waals surface area contributed by atoms with Gasteiger partial charge in [0.2, 0.25) is 0 Å². The third-order valence-corrected chi connectivity index (χ3v) is 3.96. The molecule has 0 unspecified atom stereocenters. The molecule has 2 saturated heterocycles. The van der Waals surface area contributed by atoms with Crippen molar-refractivity contribution >= 4 is 0 Å². The van der Waals surface area contributed by atoms with Gasteiger partial charge in [-0.2, -0.15) is 0 Å². The van der Waals surface area contributed by atoms with Gasteiger partial charge in [-0.3, -0.25) is 0 Å². The van der Waals surface area contributed by atoms with Crippen LogP contribution in [0.2, 0.25) is 0 Å². The molecular formula is C10H16O2. The summed E-state index contributed by atoms with van der Waals surface area (Å²) in [5.41, 5.74) is 0.403. The Hall–Kier alpha value is -0.0800. The van der Waals surface area contributed by atoms with Crippen molar-refractivity contribution in [3.05, 3.63) is 0 Å². The van der Waals surface area contributed by atoms with Crippen LogP contribution in [-0.4, -0.2) is 23.4 Å². The summed E-state index contributed by atoms with van der Waals surface area (Å²) in [6.45, 7) is 6.72. The molecule has 0 aromatic carbocycles. The number of ether oxygens (including phenoxy) is 2. The summed E-state index contributed by atoms with van der Waals surface area (Å²) in [6.07, 6.45) is 3.25. The largest absolute Gasteiger partial charge is 0.366 e. The van der Waals surface area contributed by atoms with Crippen LogP contribution in [0.3, 0.4) is 0 Å². The summed E-state index contributed by atoms with van der Waals surface area (Å²) in [6, 6.07) is 0. The van der Waals surface area contributed by atoms with E-state index in [4.69, 9.17) is 9.47 Å². The van der Waals surface area contributed by atoms with E-state index in [1.54, 1.807) is 0 Å². The van der Waals surface area contributed by atoms with E-state index in [0.717, 1.165) is 12.8 Å². The van der Waals surface area contributed by atoms with Gasteiger partial charge in [0.25, 0.3) is 0 Å². The Bertz CT molecular complexity index is 238. The van der Waals surface area contributed by atoms with Crippen molar-refractivity contribution in [3.8, 4) is 0 Å². The lowest BCUT2D eigenvalue weighted by atomic mass is 9.77. The minimum Gasteiger partial charge on any atom is -0.366 e. The zero-order valence-electron chi connectivity index (χ0n) is 7.96. The minimum absolute atomic E-state index is 0.194. The summed E-state index contributed by atoms with van der Waals surface area (Å²) in [4.78, 5) is 0. The second-order valence-corrected chi connectivity index (χ2v) is 5.04. The molecule has 0 aromatic rings. The van der Waals surface area contributed by atoms with Gasteiger partial charge < -0.3 is 9.47 Å². The number of hydrogen-bond acceptors (Lipinski definition) is 2. The zero-order chi connectivity index (χ0) is 8.56. The van der Waals surface area contributed by atoms with Crippen molar-refractivity contribution in [1.29, 1.82) is 0 Å². The highest BCUT2D eigenvalue weighted by atomic mass is 16.6. The lowest BCUT2D eigenvalue weighted by Crippen LogP contribution is -2.33. The fraction of sp³-hybridized carbons (Fsp3) is 1.00. The number of rotatable bonds is 1. The van der Waals surface area contributed by atoms with Gasteiger partial charge in [-0.1, -0.05) is 13.8 Å². The van der Waals surface area contributed by atoms with E-state index >= 15 is 0 Å². The van der Waals surface area contributed by atoms with Crippen LogP contribution < -0.4 is 0 Å². The Morgan fingerprint density at radius 1 is 1.17 bits per heavy atom. The molecule has 68 valence electrons. The highest BCUT2D eigenvalue weighted by molar-refractivity contribution is 5.20. The molecular weight excluding hydrogens is 152 g/mol. The molecule has 2 heterocycles. The Labute approximate surface area is 73.2 Å². The van der Waals surface area contributed by atoms with Crippen molar-refractivity contribution in [1.82, 2.24) is 0 Å². The van der Waals surface area contributed by atoms with E-state index in [1.807, 2.05) is 0 Å². The van der Waals surface area contributed by atoms with E-state index < -0.39 is 0 Å². The van der Waals surface area contributed by atoms with E-state index in [1.165, 1.54) is 0 Å². The van der Waals surface area contributed by atoms with Crippen molar-refractivity contribution in [2.75, 3.05) is 0 Å².